The lowest BCUT2D eigenvalue weighted by Gasteiger charge is -2.16. The van der Waals surface area contributed by atoms with Crippen LogP contribution in [0.1, 0.15) is 39.8 Å². The molecule has 1 atom stereocenters. The minimum absolute atomic E-state index is 0.0227. The number of ketones is 1. The van der Waals surface area contributed by atoms with Crippen molar-refractivity contribution >= 4 is 15.6 Å². The molecule has 170 valence electrons. The van der Waals surface area contributed by atoms with Crippen LogP contribution in [0.5, 0.6) is 0 Å². The van der Waals surface area contributed by atoms with Crippen LogP contribution in [0.4, 0.5) is 13.2 Å². The molecule has 4 rings (SSSR count). The maximum atomic E-state index is 12.9. The Morgan fingerprint density at radius 2 is 1.97 bits per heavy atom. The molecule has 0 bridgehead atoms. The second-order valence-electron chi connectivity index (χ2n) is 7.86. The number of rotatable bonds is 5. The van der Waals surface area contributed by atoms with Gasteiger partial charge in [-0.25, -0.2) is 8.42 Å². The molecule has 1 aliphatic heterocycles. The molecular weight excluding hydrogens is 447 g/mol. The van der Waals surface area contributed by atoms with Gasteiger partial charge in [0, 0.05) is 28.6 Å². The molecule has 0 saturated carbocycles. The average molecular weight is 467 g/mol. The fourth-order valence-electron chi connectivity index (χ4n) is 4.07. The summed E-state index contributed by atoms with van der Waals surface area (Å²) in [5.41, 5.74) is 1.17. The fourth-order valence-corrected chi connectivity index (χ4v) is 5.77. The maximum absolute atomic E-state index is 12.9. The minimum atomic E-state index is -4.50. The van der Waals surface area contributed by atoms with Gasteiger partial charge in [0.1, 0.15) is 6.54 Å². The topological polar surface area (TPSA) is 99.7 Å². The molecule has 8 nitrogen and oxygen atoms in total. The van der Waals surface area contributed by atoms with Crippen LogP contribution in [0, 0.1) is 13.8 Å². The van der Waals surface area contributed by atoms with E-state index in [2.05, 4.69) is 15.4 Å². The van der Waals surface area contributed by atoms with Gasteiger partial charge >= 0.3 is 6.18 Å². The fraction of sp³-hybridized carbons (Fsp3) is 0.400. The Balaban J connectivity index is 1.54. The molecule has 0 aliphatic carbocycles. The van der Waals surface area contributed by atoms with Crippen molar-refractivity contribution in [2.75, 3.05) is 11.5 Å². The van der Waals surface area contributed by atoms with Crippen molar-refractivity contribution in [3.8, 4) is 11.4 Å². The van der Waals surface area contributed by atoms with Crippen molar-refractivity contribution in [2.45, 2.75) is 39.0 Å². The first kappa shape index (κ1) is 22.2. The zero-order chi connectivity index (χ0) is 23.3. The second kappa shape index (κ2) is 7.84. The van der Waals surface area contributed by atoms with Gasteiger partial charge in [0.15, 0.2) is 15.6 Å². The van der Waals surface area contributed by atoms with Crippen molar-refractivity contribution in [2.24, 2.45) is 0 Å². The maximum Gasteiger partial charge on any atom is 0.416 e. The van der Waals surface area contributed by atoms with Crippen molar-refractivity contribution in [1.29, 1.82) is 0 Å². The molecule has 1 aliphatic rings. The van der Waals surface area contributed by atoms with Crippen molar-refractivity contribution in [3.63, 3.8) is 0 Å². The highest BCUT2D eigenvalue weighted by atomic mass is 32.2. The largest absolute Gasteiger partial charge is 0.416 e. The van der Waals surface area contributed by atoms with Gasteiger partial charge in [0.2, 0.25) is 5.82 Å². The van der Waals surface area contributed by atoms with Gasteiger partial charge in [-0.15, -0.1) is 10.2 Å². The predicted octanol–water partition coefficient (Wildman–Crippen LogP) is 3.02. The van der Waals surface area contributed by atoms with Crippen LogP contribution in [-0.4, -0.2) is 50.5 Å². The van der Waals surface area contributed by atoms with Gasteiger partial charge < -0.3 is 4.57 Å². The Bertz CT molecular complexity index is 1290. The molecule has 0 amide bonds. The summed E-state index contributed by atoms with van der Waals surface area (Å²) >= 11 is 0. The quantitative estimate of drug-likeness (QED) is 0.535. The molecular formula is C20H20F3N5O3S. The Morgan fingerprint density at radius 3 is 2.62 bits per heavy atom. The van der Waals surface area contributed by atoms with E-state index >= 15 is 0 Å². The average Bonchev–Trinajstić information content (AvgIpc) is 3.39. The number of aryl methyl sites for hydroxylation is 1. The van der Waals surface area contributed by atoms with E-state index in [0.717, 1.165) is 22.6 Å². The highest BCUT2D eigenvalue weighted by Crippen LogP contribution is 2.31. The number of carbonyl (C=O) groups is 1. The van der Waals surface area contributed by atoms with Crippen LogP contribution in [0.2, 0.25) is 0 Å². The lowest BCUT2D eigenvalue weighted by molar-refractivity contribution is -0.137. The summed E-state index contributed by atoms with van der Waals surface area (Å²) in [6.07, 6.45) is -4.00. The molecule has 2 aromatic heterocycles. The molecule has 0 N–H and O–H groups in total. The molecule has 0 radical (unpaired) electrons. The second-order valence-corrected chi connectivity index (χ2v) is 10.1. The molecule has 3 heterocycles. The van der Waals surface area contributed by atoms with Crippen LogP contribution >= 0.6 is 0 Å². The van der Waals surface area contributed by atoms with Crippen LogP contribution in [0.3, 0.4) is 0 Å². The monoisotopic (exact) mass is 467 g/mol. The number of carbonyl (C=O) groups excluding carboxylic acids is 1. The summed E-state index contributed by atoms with van der Waals surface area (Å²) in [5.74, 6) is -0.162. The zero-order valence-electron chi connectivity index (χ0n) is 17.3. The highest BCUT2D eigenvalue weighted by Gasteiger charge is 2.32. The Labute approximate surface area is 182 Å². The molecule has 12 heteroatoms. The summed E-state index contributed by atoms with van der Waals surface area (Å²) in [5, 5.41) is 11.6. The number of halogens is 3. The number of tetrazole rings is 1. The number of Topliss-reactive ketones (excluding diaryl/α,β-unsaturated/α-hetero) is 1. The number of hydrogen-bond acceptors (Lipinski definition) is 6. The Hall–Kier alpha value is -3.02. The van der Waals surface area contributed by atoms with E-state index in [1.807, 2.05) is 11.5 Å². The highest BCUT2D eigenvalue weighted by molar-refractivity contribution is 7.91. The van der Waals surface area contributed by atoms with E-state index in [1.165, 1.54) is 12.1 Å². The van der Waals surface area contributed by atoms with Crippen LogP contribution < -0.4 is 0 Å². The van der Waals surface area contributed by atoms with E-state index in [9.17, 15) is 26.4 Å². The molecule has 1 unspecified atom stereocenters. The van der Waals surface area contributed by atoms with Crippen LogP contribution in [-0.2, 0) is 22.6 Å². The number of alkyl halides is 3. The van der Waals surface area contributed by atoms with E-state index in [4.69, 9.17) is 0 Å². The first-order valence-electron chi connectivity index (χ1n) is 9.82. The third kappa shape index (κ3) is 4.31. The van der Waals surface area contributed by atoms with Gasteiger partial charge in [-0.2, -0.15) is 18.0 Å². The molecule has 0 spiro atoms. The van der Waals surface area contributed by atoms with E-state index in [-0.39, 0.29) is 41.3 Å². The van der Waals surface area contributed by atoms with Gasteiger partial charge in [0.25, 0.3) is 0 Å². The zero-order valence-corrected chi connectivity index (χ0v) is 18.1. The number of hydrogen-bond donors (Lipinski definition) is 0. The summed E-state index contributed by atoms with van der Waals surface area (Å²) in [7, 11) is -3.08. The lowest BCUT2D eigenvalue weighted by Crippen LogP contribution is -2.16. The first-order valence-corrected chi connectivity index (χ1v) is 11.6. The number of sulfone groups is 1. The number of nitrogens with zero attached hydrogens (tertiary/aromatic N) is 5. The van der Waals surface area contributed by atoms with Gasteiger partial charge in [0.05, 0.1) is 17.1 Å². The number of aromatic nitrogens is 5. The number of benzene rings is 1. The lowest BCUT2D eigenvalue weighted by atomic mass is 10.1. The normalized spacial score (nSPS) is 18.2. The molecule has 1 fully saturated rings. The summed E-state index contributed by atoms with van der Waals surface area (Å²) in [6, 6.07) is 6.05. The standard InChI is InChI=1S/C20H20F3N5O3S/c1-12-8-17(13(2)28(12)16-6-7-32(30,31)11-16)18(29)10-27-25-19(24-26-27)14-4-3-5-15(9-14)20(21,22)23/h3-5,8-9,16H,6-7,10-11H2,1-2H3. The minimum Gasteiger partial charge on any atom is -0.344 e. The van der Waals surface area contributed by atoms with Crippen LogP contribution in [0.15, 0.2) is 30.3 Å². The Morgan fingerprint density at radius 1 is 1.22 bits per heavy atom. The molecule has 3 aromatic rings. The van der Waals surface area contributed by atoms with Crippen molar-refractivity contribution in [1.82, 2.24) is 24.8 Å². The third-order valence-electron chi connectivity index (χ3n) is 5.54. The van der Waals surface area contributed by atoms with Gasteiger partial charge in [-0.1, -0.05) is 12.1 Å². The van der Waals surface area contributed by atoms with Gasteiger partial charge in [-0.05, 0) is 43.7 Å². The first-order chi connectivity index (χ1) is 14.9. The summed E-state index contributed by atoms with van der Waals surface area (Å²) in [6.45, 7) is 3.32. The Kier molecular flexibility index (Phi) is 5.43. The summed E-state index contributed by atoms with van der Waals surface area (Å²) in [4.78, 5) is 13.9. The van der Waals surface area contributed by atoms with Crippen molar-refractivity contribution in [3.05, 3.63) is 52.8 Å². The van der Waals surface area contributed by atoms with Crippen molar-refractivity contribution < 1.29 is 26.4 Å². The summed E-state index contributed by atoms with van der Waals surface area (Å²) < 4.78 is 64.4. The molecule has 32 heavy (non-hydrogen) atoms. The molecule has 1 saturated heterocycles. The van der Waals surface area contributed by atoms with E-state index in [1.54, 1.807) is 13.0 Å². The predicted molar refractivity (Wildman–Crippen MR) is 109 cm³/mol. The third-order valence-corrected chi connectivity index (χ3v) is 7.29. The molecule has 1 aromatic carbocycles. The SMILES string of the molecule is Cc1cc(C(=O)Cn2nnc(-c3cccc(C(F)(F)F)c3)n2)c(C)n1C1CCS(=O)(=O)C1. The van der Waals surface area contributed by atoms with Gasteiger partial charge in [-0.3, -0.25) is 4.79 Å². The smallest absolute Gasteiger partial charge is 0.344 e. The van der Waals surface area contributed by atoms with E-state index < -0.39 is 21.6 Å². The van der Waals surface area contributed by atoms with E-state index in [0.29, 0.717) is 17.7 Å². The van der Waals surface area contributed by atoms with Crippen LogP contribution in [0.25, 0.3) is 11.4 Å².